The van der Waals surface area contributed by atoms with Gasteiger partial charge in [0, 0.05) is 138 Å². The first-order valence-corrected chi connectivity index (χ1v) is 39.4. The van der Waals surface area contributed by atoms with Gasteiger partial charge >= 0.3 is 12.0 Å². The Bertz CT molecular complexity index is 5710. The lowest BCUT2D eigenvalue weighted by Gasteiger charge is -2.43. The molecule has 0 radical (unpaired) electrons. The van der Waals surface area contributed by atoms with Crippen molar-refractivity contribution < 1.29 is 38.1 Å². The van der Waals surface area contributed by atoms with Crippen molar-refractivity contribution in [1.82, 2.24) is 89.9 Å². The minimum absolute atomic E-state index is 0.0468. The van der Waals surface area contributed by atoms with Crippen LogP contribution in [0.2, 0.25) is 20.1 Å². The summed E-state index contributed by atoms with van der Waals surface area (Å²) in [6.45, 7) is 27.7. The molecule has 116 heavy (non-hydrogen) atoms. The van der Waals surface area contributed by atoms with Crippen molar-refractivity contribution in [3.63, 3.8) is 0 Å². The summed E-state index contributed by atoms with van der Waals surface area (Å²) < 4.78 is 31.4. The van der Waals surface area contributed by atoms with Crippen molar-refractivity contribution in [2.24, 2.45) is 0 Å². The van der Waals surface area contributed by atoms with Gasteiger partial charge in [-0.3, -0.25) is 29.7 Å². The summed E-state index contributed by atoms with van der Waals surface area (Å²) >= 11 is 26.7. The van der Waals surface area contributed by atoms with Crippen LogP contribution in [-0.2, 0) is 14.4 Å². The molecule has 16 rings (SSSR count). The third-order valence-corrected chi connectivity index (χ3v) is 22.3. The number of rotatable bonds is 22. The second kappa shape index (κ2) is 35.4. The van der Waals surface area contributed by atoms with Crippen LogP contribution < -0.4 is 43.3 Å². The smallest absolute Gasteiger partial charge is 0.319 e. The fourth-order valence-electron chi connectivity index (χ4n) is 14.1. The number of aromatic nitrogens is 12. The van der Waals surface area contributed by atoms with Gasteiger partial charge in [-0.2, -0.15) is 40.2 Å². The molecule has 0 aliphatic carbocycles. The van der Waals surface area contributed by atoms with E-state index in [4.69, 9.17) is 100.0 Å². The second-order valence-corrected chi connectivity index (χ2v) is 30.9. The van der Waals surface area contributed by atoms with Crippen LogP contribution in [0.15, 0.2) is 123 Å². The number of carbonyl (C=O) groups is 3. The molecule has 0 spiro atoms. The van der Waals surface area contributed by atoms with E-state index in [-0.39, 0.29) is 29.7 Å². The second-order valence-electron chi connectivity index (χ2n) is 29.3. The van der Waals surface area contributed by atoms with Crippen molar-refractivity contribution >= 4 is 153 Å². The molecule has 12 aromatic rings. The number of halogens is 4. The molecule has 4 saturated heterocycles. The number of hydrogen-bond acceptors (Lipinski definition) is 24. The minimum atomic E-state index is -0.0887. The van der Waals surface area contributed by atoms with Crippen LogP contribution in [0.3, 0.4) is 0 Å². The Kier molecular flexibility index (Phi) is 24.8. The Labute approximate surface area is 690 Å². The molecule has 4 fully saturated rings. The molecule has 30 nitrogen and oxygen atoms in total. The van der Waals surface area contributed by atoms with E-state index in [9.17, 15) is 14.4 Å². The molecule has 4 aliphatic rings. The van der Waals surface area contributed by atoms with Crippen LogP contribution >= 0.6 is 46.4 Å². The summed E-state index contributed by atoms with van der Waals surface area (Å²) in [6, 6.07) is 21.9. The van der Waals surface area contributed by atoms with E-state index in [1.807, 2.05) is 124 Å². The first-order chi connectivity index (χ1) is 55.9. The molecule has 0 saturated carbocycles. The van der Waals surface area contributed by atoms with Gasteiger partial charge in [0.25, 0.3) is 0 Å². The van der Waals surface area contributed by atoms with Crippen LogP contribution in [0, 0.1) is 20.8 Å². The number of aromatic amines is 3. The summed E-state index contributed by atoms with van der Waals surface area (Å²) in [5.74, 6) is 5.73. The first kappa shape index (κ1) is 81.2. The zero-order valence-electron chi connectivity index (χ0n) is 66.0. The highest BCUT2D eigenvalue weighted by Gasteiger charge is 2.34. The molecule has 6 aromatic carbocycles. The van der Waals surface area contributed by atoms with E-state index in [2.05, 4.69) is 88.9 Å². The monoisotopic (exact) mass is 1650 g/mol. The third kappa shape index (κ3) is 17.4. The third-order valence-electron chi connectivity index (χ3n) is 20.7. The fraction of sp³-hybridized carbons (Fsp3) is 0.341. The molecule has 10 heterocycles. The van der Waals surface area contributed by atoms with Crippen molar-refractivity contribution in [1.29, 1.82) is 0 Å². The van der Waals surface area contributed by atoms with Gasteiger partial charge in [-0.1, -0.05) is 78.3 Å². The summed E-state index contributed by atoms with van der Waals surface area (Å²) in [7, 11) is 12.1. The van der Waals surface area contributed by atoms with Gasteiger partial charge in [-0.05, 0) is 147 Å². The number of aryl methyl sites for hydroxylation is 3. The fourth-order valence-corrected chi connectivity index (χ4v) is 14.9. The maximum atomic E-state index is 12.2. The highest BCUT2D eigenvalue weighted by Crippen LogP contribution is 2.46. The number of benzene rings is 6. The Morgan fingerprint density at radius 1 is 0.448 bits per heavy atom. The van der Waals surface area contributed by atoms with Gasteiger partial charge in [0.05, 0.1) is 66.4 Å². The lowest BCUT2D eigenvalue weighted by Crippen LogP contribution is -2.58. The Morgan fingerprint density at radius 2 is 0.810 bits per heavy atom. The lowest BCUT2D eigenvalue weighted by molar-refractivity contribution is -0.127. The van der Waals surface area contributed by atoms with Crippen molar-refractivity contribution in [3.05, 3.63) is 160 Å². The van der Waals surface area contributed by atoms with Crippen molar-refractivity contribution in [3.8, 4) is 46.5 Å². The summed E-state index contributed by atoms with van der Waals surface area (Å²) in [6.07, 6.45) is 9.14. The number of ether oxygens (including phenoxy) is 5. The Morgan fingerprint density at radius 3 is 1.19 bits per heavy atom. The molecule has 3 amide bonds. The lowest BCUT2D eigenvalue weighted by atomic mass is 10.1. The molecule has 0 bridgehead atoms. The highest BCUT2D eigenvalue weighted by molar-refractivity contribution is 6.35. The Hall–Kier alpha value is -11.4. The average molecular weight is 1650 g/mol. The predicted octanol–water partition coefficient (Wildman–Crippen LogP) is 12.6. The molecule has 0 atom stereocenters. The summed E-state index contributed by atoms with van der Waals surface area (Å²) in [4.78, 5) is 85.8. The SMILES string of the molecule is C=CC(=O)N1CCN(c2nc(N3CC(N(C)C)C3)nc3c(Oc4c(Cl)c(C)cc5[nH]ncc45)cccc23)CC1.C=CC(=O)N1CCN(c2nc(OCCN(C)C)nc3c(Oc4c(Cl)c(C)cc5[nH]ncc45)cc(Cl)cc23)CC1.C=CC(=O)N1CCN(c2nc(OCCN(C)C)nc3c(Oc4c(Cl)c(C)cc5[nH]ncc45)cccc23)CC1. The quantitative estimate of drug-likeness (QED) is 0.0531. The maximum Gasteiger partial charge on any atom is 0.319 e. The van der Waals surface area contributed by atoms with Gasteiger partial charge in [-0.15, -0.1) is 0 Å². The number of para-hydroxylation sites is 2. The van der Waals surface area contributed by atoms with Crippen LogP contribution in [0.1, 0.15) is 16.7 Å². The Balaban J connectivity index is 0.000000143. The molecule has 0 unspecified atom stereocenters. The number of nitrogens with one attached hydrogen (secondary N) is 3. The van der Waals surface area contributed by atoms with E-state index in [1.165, 1.54) is 18.2 Å². The minimum Gasteiger partial charge on any atom is -0.462 e. The van der Waals surface area contributed by atoms with E-state index in [0.717, 1.165) is 84.9 Å². The largest absolute Gasteiger partial charge is 0.462 e. The van der Waals surface area contributed by atoms with Gasteiger partial charge < -0.3 is 72.7 Å². The van der Waals surface area contributed by atoms with Crippen molar-refractivity contribution in [2.75, 3.05) is 180 Å². The van der Waals surface area contributed by atoms with E-state index in [1.54, 1.807) is 34.5 Å². The summed E-state index contributed by atoms with van der Waals surface area (Å²) in [5.41, 5.74) is 6.93. The molecule has 4 aliphatic heterocycles. The van der Waals surface area contributed by atoms with Crippen LogP contribution in [-0.4, -0.2) is 274 Å². The van der Waals surface area contributed by atoms with Gasteiger partial charge in [0.2, 0.25) is 23.7 Å². The van der Waals surface area contributed by atoms with E-state index < -0.39 is 0 Å². The van der Waals surface area contributed by atoms with Gasteiger partial charge in [0.15, 0.2) is 34.5 Å². The average Bonchev–Trinajstić information content (AvgIpc) is 0.913. The molecular formula is C82H90Cl4N22O8. The molecule has 34 heteroatoms. The zero-order chi connectivity index (χ0) is 81.8. The number of hydrogen-bond donors (Lipinski definition) is 3. The van der Waals surface area contributed by atoms with Gasteiger partial charge in [0.1, 0.15) is 47.2 Å². The molecule has 604 valence electrons. The summed E-state index contributed by atoms with van der Waals surface area (Å²) in [5, 5.41) is 28.1. The number of likely N-dealkylation sites (N-methyl/N-ethyl adjacent to an activating group) is 3. The topological polar surface area (TPSA) is 293 Å². The number of piperazine rings is 3. The van der Waals surface area contributed by atoms with Crippen LogP contribution in [0.4, 0.5) is 23.4 Å². The van der Waals surface area contributed by atoms with Crippen molar-refractivity contribution in [2.45, 2.75) is 26.8 Å². The number of nitrogens with zero attached hydrogens (tertiary/aromatic N) is 19. The van der Waals surface area contributed by atoms with Gasteiger partial charge in [-0.25, -0.2) is 4.98 Å². The van der Waals surface area contributed by atoms with E-state index >= 15 is 0 Å². The maximum absolute atomic E-state index is 12.2. The number of carbonyl (C=O) groups excluding carboxylic acids is 3. The first-order valence-electron chi connectivity index (χ1n) is 37.9. The number of amides is 3. The predicted molar refractivity (Wildman–Crippen MR) is 456 cm³/mol. The standard InChI is InChI=1S/C28H31ClN8O2.C27H29Cl2N7O3.C27H30ClN7O3/c1-5-23(38)35-9-11-36(12-10-35)27-19-7-6-8-22(25(19)31-28(32-27)37-15-18(16-37)34(3)4)39-26-20-14-30-33-21(20)13-17(2)24(26)29;1-5-22(37)35-6-8-36(9-7-35)26-18-13-17(28)14-21(24(18)31-27(32-26)38-11-10-34(3)4)39-25-19-15-30-33-20(19)12-16(2)23(25)29;1-5-22(36)34-9-11-35(12-10-34)26-18-7-6-8-21(24(18)30-27(31-26)37-14-13-33(3)4)38-25-19-16-29-32-20(19)15-17(2)23(25)28/h5-8,13-14,18H,1,9-12,15-16H2,2-4H3,(H,30,33);5,12-15H,1,6-11H2,2-4H3,(H,30,33);5-8,15-16H,1,9-14H2,2-4H3,(H,29,32). The molecule has 6 aromatic heterocycles. The zero-order valence-corrected chi connectivity index (χ0v) is 69.0. The highest BCUT2D eigenvalue weighted by atomic mass is 35.5. The van der Waals surface area contributed by atoms with Crippen LogP contribution in [0.25, 0.3) is 65.4 Å². The molecular weight excluding hydrogens is 1560 g/mol. The van der Waals surface area contributed by atoms with Crippen LogP contribution in [0.5, 0.6) is 46.5 Å². The number of anilines is 4. The molecule has 3 N–H and O–H groups in total. The van der Waals surface area contributed by atoms with E-state index in [0.29, 0.717) is 199 Å². The number of fused-ring (bicyclic) bond motifs is 6. The normalized spacial score (nSPS) is 14.7. The number of H-pyrrole nitrogens is 3.